The van der Waals surface area contributed by atoms with E-state index in [0.717, 1.165) is 0 Å². The third-order valence-corrected chi connectivity index (χ3v) is 2.47. The molecular weight excluding hydrogens is 147 g/mol. The van der Waals surface area contributed by atoms with Gasteiger partial charge in [0.2, 0.25) is 5.34 Å². The second-order valence-electron chi connectivity index (χ2n) is 1.80. The van der Waals surface area contributed by atoms with E-state index in [0.29, 0.717) is 0 Å². The summed E-state index contributed by atoms with van der Waals surface area (Å²) in [6.07, 6.45) is 0.147. The van der Waals surface area contributed by atoms with Gasteiger partial charge in [-0.1, -0.05) is 0 Å². The summed E-state index contributed by atoms with van der Waals surface area (Å²) in [6, 6.07) is 0. The van der Waals surface area contributed by atoms with Gasteiger partial charge in [-0.15, -0.1) is 0 Å². The van der Waals surface area contributed by atoms with E-state index in [1.54, 1.807) is 0 Å². The summed E-state index contributed by atoms with van der Waals surface area (Å²) < 4.78 is 14.6. The Morgan fingerprint density at radius 3 is 2.11 bits per heavy atom. The SMILES string of the molecule is O=CC1(P(=O)(O)O)CO1. The molecule has 1 aliphatic rings. The van der Waals surface area contributed by atoms with Gasteiger partial charge in [0.1, 0.15) is 0 Å². The molecule has 0 aromatic heterocycles. The van der Waals surface area contributed by atoms with Gasteiger partial charge in [0.25, 0.3) is 0 Å². The predicted molar refractivity (Wildman–Crippen MR) is 26.8 cm³/mol. The van der Waals surface area contributed by atoms with Crippen LogP contribution >= 0.6 is 7.60 Å². The lowest BCUT2D eigenvalue weighted by Gasteiger charge is -2.03. The Morgan fingerprint density at radius 2 is 2.11 bits per heavy atom. The van der Waals surface area contributed by atoms with E-state index in [4.69, 9.17) is 9.79 Å². The van der Waals surface area contributed by atoms with Gasteiger partial charge in [0.05, 0.1) is 6.61 Å². The third kappa shape index (κ3) is 0.923. The van der Waals surface area contributed by atoms with Crippen molar-refractivity contribution < 1.29 is 23.9 Å². The fraction of sp³-hybridized carbons (Fsp3) is 0.667. The summed E-state index contributed by atoms with van der Waals surface area (Å²) in [5.74, 6) is 0. The monoisotopic (exact) mass is 152 g/mol. The molecule has 0 spiro atoms. The van der Waals surface area contributed by atoms with Crippen LogP contribution in [0.2, 0.25) is 0 Å². The lowest BCUT2D eigenvalue weighted by molar-refractivity contribution is -0.110. The van der Waals surface area contributed by atoms with Crippen LogP contribution in [-0.2, 0) is 14.1 Å². The molecule has 0 aromatic carbocycles. The van der Waals surface area contributed by atoms with Gasteiger partial charge in [0, 0.05) is 0 Å². The number of hydrogen-bond donors (Lipinski definition) is 2. The van der Waals surface area contributed by atoms with Gasteiger partial charge in [-0.25, -0.2) is 0 Å². The molecule has 0 aliphatic carbocycles. The van der Waals surface area contributed by atoms with Crippen LogP contribution in [0.25, 0.3) is 0 Å². The van der Waals surface area contributed by atoms with Crippen LogP contribution in [0.15, 0.2) is 0 Å². The first kappa shape index (κ1) is 6.89. The molecule has 1 aliphatic heterocycles. The van der Waals surface area contributed by atoms with E-state index in [-0.39, 0.29) is 12.9 Å². The Labute approximate surface area is 50.8 Å². The molecule has 0 aromatic rings. The van der Waals surface area contributed by atoms with Crippen LogP contribution in [0.4, 0.5) is 0 Å². The summed E-state index contributed by atoms with van der Waals surface area (Å²) in [7, 11) is -4.35. The standard InChI is InChI=1S/C3H5O5P/c4-1-3(2-8-3)9(5,6)7/h1H,2H2,(H2,5,6,7). The van der Waals surface area contributed by atoms with Crippen molar-refractivity contribution in [3.63, 3.8) is 0 Å². The van der Waals surface area contributed by atoms with Crippen molar-refractivity contribution in [1.29, 1.82) is 0 Å². The summed E-state index contributed by atoms with van der Waals surface area (Å²) in [6.45, 7) is -0.166. The average molecular weight is 152 g/mol. The second-order valence-corrected chi connectivity index (χ2v) is 3.64. The highest BCUT2D eigenvalue weighted by atomic mass is 31.2. The molecular formula is C3H5O5P. The van der Waals surface area contributed by atoms with Crippen molar-refractivity contribution in [2.24, 2.45) is 0 Å². The first-order chi connectivity index (χ1) is 4.02. The normalized spacial score (nSPS) is 34.0. The van der Waals surface area contributed by atoms with Crippen molar-refractivity contribution >= 4 is 13.9 Å². The Hall–Kier alpha value is -0.220. The van der Waals surface area contributed by atoms with Gasteiger partial charge >= 0.3 is 7.60 Å². The van der Waals surface area contributed by atoms with E-state index < -0.39 is 12.9 Å². The van der Waals surface area contributed by atoms with Crippen LogP contribution in [-0.4, -0.2) is 28.0 Å². The zero-order valence-electron chi connectivity index (χ0n) is 4.35. The van der Waals surface area contributed by atoms with Crippen LogP contribution in [0.5, 0.6) is 0 Å². The molecule has 0 amide bonds. The fourth-order valence-corrected chi connectivity index (χ4v) is 0.917. The van der Waals surface area contributed by atoms with Gasteiger partial charge < -0.3 is 14.5 Å². The number of rotatable bonds is 2. The molecule has 6 heteroatoms. The molecule has 0 radical (unpaired) electrons. The van der Waals surface area contributed by atoms with Crippen LogP contribution in [0, 0.1) is 0 Å². The number of epoxide rings is 1. The number of carbonyl (C=O) groups excluding carboxylic acids is 1. The molecule has 1 atom stereocenters. The van der Waals surface area contributed by atoms with Crippen molar-refractivity contribution in [2.75, 3.05) is 6.61 Å². The largest absolute Gasteiger partial charge is 0.366 e. The molecule has 1 fully saturated rings. The third-order valence-electron chi connectivity index (χ3n) is 1.12. The minimum atomic E-state index is -4.35. The fourth-order valence-electron chi connectivity index (χ4n) is 0.379. The Morgan fingerprint density at radius 1 is 1.67 bits per heavy atom. The zero-order chi connectivity index (χ0) is 7.12. The number of aldehydes is 1. The second kappa shape index (κ2) is 1.64. The minimum absolute atomic E-state index is 0.147. The van der Waals surface area contributed by atoms with E-state index in [9.17, 15) is 9.36 Å². The Balaban J connectivity index is 2.83. The summed E-state index contributed by atoms with van der Waals surface area (Å²) >= 11 is 0. The molecule has 1 heterocycles. The van der Waals surface area contributed by atoms with E-state index >= 15 is 0 Å². The number of carbonyl (C=O) groups is 1. The van der Waals surface area contributed by atoms with E-state index in [1.165, 1.54) is 0 Å². The van der Waals surface area contributed by atoms with Gasteiger partial charge in [-0.2, -0.15) is 0 Å². The summed E-state index contributed by atoms with van der Waals surface area (Å²) in [5.41, 5.74) is 0. The lowest BCUT2D eigenvalue weighted by atomic mass is 10.5. The topological polar surface area (TPSA) is 87.1 Å². The maximum absolute atomic E-state index is 10.3. The van der Waals surface area contributed by atoms with Crippen molar-refractivity contribution in [1.82, 2.24) is 0 Å². The maximum Gasteiger partial charge on any atom is 0.366 e. The Kier molecular flexibility index (Phi) is 1.25. The molecule has 52 valence electrons. The summed E-state index contributed by atoms with van der Waals surface area (Å²) in [5, 5.41) is -1.78. The summed E-state index contributed by atoms with van der Waals surface area (Å²) in [4.78, 5) is 26.6. The molecule has 1 unspecified atom stereocenters. The first-order valence-corrected chi connectivity index (χ1v) is 3.79. The molecule has 9 heavy (non-hydrogen) atoms. The van der Waals surface area contributed by atoms with Crippen molar-refractivity contribution in [2.45, 2.75) is 5.34 Å². The predicted octanol–water partition coefficient (Wildman–Crippen LogP) is -0.911. The highest BCUT2D eigenvalue weighted by Gasteiger charge is 2.60. The average Bonchev–Trinajstić information content (AvgIpc) is 2.40. The van der Waals surface area contributed by atoms with Crippen LogP contribution < -0.4 is 0 Å². The maximum atomic E-state index is 10.3. The molecule has 1 saturated heterocycles. The quantitative estimate of drug-likeness (QED) is 0.304. The Bertz CT molecular complexity index is 177. The van der Waals surface area contributed by atoms with Gasteiger partial charge in [-0.05, 0) is 0 Å². The van der Waals surface area contributed by atoms with Crippen molar-refractivity contribution in [3.05, 3.63) is 0 Å². The highest BCUT2D eigenvalue weighted by Crippen LogP contribution is 2.57. The lowest BCUT2D eigenvalue weighted by Crippen LogP contribution is -2.12. The van der Waals surface area contributed by atoms with Crippen LogP contribution in [0.1, 0.15) is 0 Å². The number of ether oxygens (including phenoxy) is 1. The number of hydrogen-bond acceptors (Lipinski definition) is 3. The van der Waals surface area contributed by atoms with E-state index in [1.807, 2.05) is 0 Å². The highest BCUT2D eigenvalue weighted by molar-refractivity contribution is 7.54. The first-order valence-electron chi connectivity index (χ1n) is 2.18. The zero-order valence-corrected chi connectivity index (χ0v) is 5.25. The molecule has 0 bridgehead atoms. The molecule has 5 nitrogen and oxygen atoms in total. The van der Waals surface area contributed by atoms with Crippen LogP contribution in [0.3, 0.4) is 0 Å². The van der Waals surface area contributed by atoms with Crippen molar-refractivity contribution in [3.8, 4) is 0 Å². The van der Waals surface area contributed by atoms with E-state index in [2.05, 4.69) is 4.74 Å². The van der Waals surface area contributed by atoms with Gasteiger partial charge in [0.15, 0.2) is 6.29 Å². The van der Waals surface area contributed by atoms with Gasteiger partial charge in [-0.3, -0.25) is 9.36 Å². The molecule has 0 saturated carbocycles. The molecule has 1 rings (SSSR count). The smallest absolute Gasteiger partial charge is 0.350 e. The molecule has 2 N–H and O–H groups in total. The minimum Gasteiger partial charge on any atom is -0.350 e.